The van der Waals surface area contributed by atoms with Crippen LogP contribution in [0.1, 0.15) is 35.2 Å². The summed E-state index contributed by atoms with van der Waals surface area (Å²) < 4.78 is 5.35. The van der Waals surface area contributed by atoms with Crippen LogP contribution in [0, 0.1) is 5.41 Å². The number of carbonyl (C=O) groups is 2. The van der Waals surface area contributed by atoms with Gasteiger partial charge in [-0.1, -0.05) is 11.6 Å². The molecule has 1 aromatic carbocycles. The van der Waals surface area contributed by atoms with Crippen LogP contribution < -0.4 is 4.74 Å². The Morgan fingerprint density at radius 1 is 1.13 bits per heavy atom. The molecule has 4 rings (SSSR count). The van der Waals surface area contributed by atoms with E-state index in [2.05, 4.69) is 0 Å². The van der Waals surface area contributed by atoms with Gasteiger partial charge in [0.15, 0.2) is 0 Å². The Kier molecular flexibility index (Phi) is 6.16. The minimum atomic E-state index is -0.0385. The molecule has 2 aromatic rings. The van der Waals surface area contributed by atoms with E-state index in [1.165, 1.54) is 0 Å². The van der Waals surface area contributed by atoms with Gasteiger partial charge in [-0.2, -0.15) is 11.3 Å². The molecule has 0 N–H and O–H groups in total. The SMILES string of the molecule is COc1ccc(Cl)cc1C(=O)N1CCC2(CCN(C(=O)/C=C/c3ccsc3)CC2)C1. The van der Waals surface area contributed by atoms with Crippen LogP contribution in [0.5, 0.6) is 5.75 Å². The predicted octanol–water partition coefficient (Wildman–Crippen LogP) is 4.58. The molecule has 2 aliphatic heterocycles. The fraction of sp³-hybridized carbons (Fsp3) is 0.391. The average molecular weight is 445 g/mol. The molecule has 7 heteroatoms. The Balaban J connectivity index is 1.36. The Labute approximate surface area is 185 Å². The van der Waals surface area contributed by atoms with Crippen molar-refractivity contribution >= 4 is 40.8 Å². The van der Waals surface area contributed by atoms with Gasteiger partial charge in [-0.3, -0.25) is 9.59 Å². The maximum atomic E-state index is 13.1. The fourth-order valence-corrected chi connectivity index (χ4v) is 5.18. The summed E-state index contributed by atoms with van der Waals surface area (Å²) >= 11 is 7.72. The fourth-order valence-electron chi connectivity index (χ4n) is 4.38. The minimum absolute atomic E-state index is 0.0385. The van der Waals surface area contributed by atoms with Crippen molar-refractivity contribution in [3.05, 3.63) is 57.3 Å². The molecule has 2 aliphatic rings. The van der Waals surface area contributed by atoms with E-state index in [1.54, 1.807) is 42.7 Å². The number of hydrogen-bond donors (Lipinski definition) is 0. The van der Waals surface area contributed by atoms with Crippen LogP contribution in [0.3, 0.4) is 0 Å². The number of nitrogens with zero attached hydrogens (tertiary/aromatic N) is 2. The van der Waals surface area contributed by atoms with Crippen molar-refractivity contribution < 1.29 is 14.3 Å². The van der Waals surface area contributed by atoms with Crippen molar-refractivity contribution in [1.29, 1.82) is 0 Å². The number of halogens is 1. The van der Waals surface area contributed by atoms with E-state index in [-0.39, 0.29) is 17.2 Å². The average Bonchev–Trinajstić information content (AvgIpc) is 3.42. The van der Waals surface area contributed by atoms with Crippen LogP contribution >= 0.6 is 22.9 Å². The smallest absolute Gasteiger partial charge is 0.257 e. The van der Waals surface area contributed by atoms with Crippen molar-refractivity contribution in [1.82, 2.24) is 9.80 Å². The Morgan fingerprint density at radius 3 is 2.53 bits per heavy atom. The molecule has 0 aliphatic carbocycles. The summed E-state index contributed by atoms with van der Waals surface area (Å²) in [5.74, 6) is 0.567. The maximum Gasteiger partial charge on any atom is 0.257 e. The van der Waals surface area contributed by atoms with Crippen molar-refractivity contribution in [2.24, 2.45) is 5.41 Å². The number of amides is 2. The van der Waals surface area contributed by atoms with E-state index in [4.69, 9.17) is 16.3 Å². The lowest BCUT2D eigenvalue weighted by molar-refractivity contribution is -0.128. The van der Waals surface area contributed by atoms with E-state index >= 15 is 0 Å². The van der Waals surface area contributed by atoms with Gasteiger partial charge in [0.1, 0.15) is 5.75 Å². The zero-order valence-corrected chi connectivity index (χ0v) is 18.5. The van der Waals surface area contributed by atoms with E-state index in [9.17, 15) is 9.59 Å². The Hall–Kier alpha value is -2.31. The Bertz CT molecular complexity index is 949. The summed E-state index contributed by atoms with van der Waals surface area (Å²) in [7, 11) is 1.56. The molecule has 158 valence electrons. The summed E-state index contributed by atoms with van der Waals surface area (Å²) in [6.07, 6.45) is 6.34. The first-order valence-electron chi connectivity index (χ1n) is 10.1. The number of piperidine rings is 1. The van der Waals surface area contributed by atoms with E-state index in [0.29, 0.717) is 22.9 Å². The van der Waals surface area contributed by atoms with Gasteiger partial charge in [-0.25, -0.2) is 0 Å². The van der Waals surface area contributed by atoms with Gasteiger partial charge in [-0.15, -0.1) is 0 Å². The standard InChI is InChI=1S/C23H25ClN2O3S/c1-29-20-4-3-18(24)14-19(20)22(28)26-12-9-23(16-26)7-10-25(11-8-23)21(27)5-2-17-6-13-30-15-17/h2-6,13-15H,7-12,16H2,1H3/b5-2+. The van der Waals surface area contributed by atoms with Gasteiger partial charge in [0, 0.05) is 37.3 Å². The third kappa shape index (κ3) is 4.40. The summed E-state index contributed by atoms with van der Waals surface area (Å²) in [4.78, 5) is 29.4. The molecule has 0 atom stereocenters. The molecule has 0 bridgehead atoms. The van der Waals surface area contributed by atoms with Crippen LogP contribution in [0.15, 0.2) is 41.1 Å². The summed E-state index contributed by atoms with van der Waals surface area (Å²) in [6.45, 7) is 2.90. The highest BCUT2D eigenvalue weighted by molar-refractivity contribution is 7.08. The molecule has 30 heavy (non-hydrogen) atoms. The molecule has 5 nitrogen and oxygen atoms in total. The van der Waals surface area contributed by atoms with Gasteiger partial charge in [0.25, 0.3) is 5.91 Å². The largest absolute Gasteiger partial charge is 0.496 e. The van der Waals surface area contributed by atoms with Crippen LogP contribution in [-0.2, 0) is 4.79 Å². The second-order valence-electron chi connectivity index (χ2n) is 8.04. The summed E-state index contributed by atoms with van der Waals surface area (Å²) in [5.41, 5.74) is 1.66. The third-order valence-corrected chi connectivity index (χ3v) is 7.15. The maximum absolute atomic E-state index is 13.1. The molecule has 0 unspecified atom stereocenters. The number of ether oxygens (including phenoxy) is 1. The molecular weight excluding hydrogens is 420 g/mol. The molecule has 2 saturated heterocycles. The molecule has 1 aromatic heterocycles. The molecule has 1 spiro atoms. The van der Waals surface area contributed by atoms with E-state index < -0.39 is 0 Å². The van der Waals surface area contributed by atoms with Crippen LogP contribution in [0.4, 0.5) is 0 Å². The van der Waals surface area contributed by atoms with Gasteiger partial charge in [0.2, 0.25) is 5.91 Å². The molecule has 2 amide bonds. The molecule has 3 heterocycles. The zero-order chi connectivity index (χ0) is 21.1. The van der Waals surface area contributed by atoms with Crippen LogP contribution in [0.25, 0.3) is 6.08 Å². The quantitative estimate of drug-likeness (QED) is 0.648. The number of carbonyl (C=O) groups excluding carboxylic acids is 2. The number of methoxy groups -OCH3 is 1. The number of hydrogen-bond acceptors (Lipinski definition) is 4. The lowest BCUT2D eigenvalue weighted by Crippen LogP contribution is -2.44. The molecule has 0 saturated carbocycles. The first-order chi connectivity index (χ1) is 14.5. The number of benzene rings is 1. The molecule has 0 radical (unpaired) electrons. The second kappa shape index (κ2) is 8.82. The van der Waals surface area contributed by atoms with Gasteiger partial charge in [0.05, 0.1) is 12.7 Å². The lowest BCUT2D eigenvalue weighted by Gasteiger charge is -2.39. The topological polar surface area (TPSA) is 49.9 Å². The summed E-state index contributed by atoms with van der Waals surface area (Å²) in [6, 6.07) is 7.13. The van der Waals surface area contributed by atoms with Crippen molar-refractivity contribution in [2.45, 2.75) is 19.3 Å². The highest BCUT2D eigenvalue weighted by atomic mass is 35.5. The van der Waals surface area contributed by atoms with E-state index in [1.807, 2.05) is 32.7 Å². The minimum Gasteiger partial charge on any atom is -0.496 e. The number of rotatable bonds is 4. The number of thiophene rings is 1. The summed E-state index contributed by atoms with van der Waals surface area (Å²) in [5, 5.41) is 4.55. The molecule has 2 fully saturated rings. The predicted molar refractivity (Wildman–Crippen MR) is 120 cm³/mol. The van der Waals surface area contributed by atoms with Crippen molar-refractivity contribution in [3.8, 4) is 5.75 Å². The first-order valence-corrected chi connectivity index (χ1v) is 11.4. The van der Waals surface area contributed by atoms with Gasteiger partial charge >= 0.3 is 0 Å². The highest BCUT2D eigenvalue weighted by Gasteiger charge is 2.43. The van der Waals surface area contributed by atoms with Gasteiger partial charge < -0.3 is 14.5 Å². The van der Waals surface area contributed by atoms with Crippen molar-refractivity contribution in [3.63, 3.8) is 0 Å². The monoisotopic (exact) mass is 444 g/mol. The molecular formula is C23H25ClN2O3S. The van der Waals surface area contributed by atoms with Crippen LogP contribution in [-0.4, -0.2) is 54.9 Å². The van der Waals surface area contributed by atoms with Gasteiger partial charge in [-0.05, 0) is 71.3 Å². The van der Waals surface area contributed by atoms with E-state index in [0.717, 1.165) is 44.5 Å². The number of likely N-dealkylation sites (tertiary alicyclic amines) is 2. The zero-order valence-electron chi connectivity index (χ0n) is 17.0. The highest BCUT2D eigenvalue weighted by Crippen LogP contribution is 2.41. The lowest BCUT2D eigenvalue weighted by atomic mass is 9.77. The Morgan fingerprint density at radius 2 is 1.87 bits per heavy atom. The second-order valence-corrected chi connectivity index (χ2v) is 9.25. The third-order valence-electron chi connectivity index (χ3n) is 6.21. The van der Waals surface area contributed by atoms with Crippen LogP contribution in [0.2, 0.25) is 5.02 Å². The first kappa shape index (κ1) is 20.9. The normalized spacial score (nSPS) is 18.3. The van der Waals surface area contributed by atoms with Crippen molar-refractivity contribution in [2.75, 3.05) is 33.3 Å².